The first kappa shape index (κ1) is 19.1. The van der Waals surface area contributed by atoms with E-state index in [1.54, 1.807) is 30.7 Å². The number of carbonyl (C=O) groups is 1. The first-order valence-electron chi connectivity index (χ1n) is 8.72. The molecule has 8 heteroatoms. The maximum absolute atomic E-state index is 10.7. The lowest BCUT2D eigenvalue weighted by Gasteiger charge is -2.17. The second-order valence-corrected chi connectivity index (χ2v) is 6.59. The van der Waals surface area contributed by atoms with Crippen molar-refractivity contribution in [2.24, 2.45) is 5.92 Å². The lowest BCUT2D eigenvalue weighted by molar-refractivity contribution is -0.139. The van der Waals surface area contributed by atoms with E-state index < -0.39 is 18.7 Å². The molecule has 1 aromatic carbocycles. The molecule has 3 rings (SSSR count). The first-order chi connectivity index (χ1) is 13.0. The molecule has 0 unspecified atom stereocenters. The van der Waals surface area contributed by atoms with E-state index in [0.717, 1.165) is 17.8 Å². The molecule has 8 nitrogen and oxygen atoms in total. The normalized spacial score (nSPS) is 19.8. The van der Waals surface area contributed by atoms with Crippen molar-refractivity contribution in [2.45, 2.75) is 19.1 Å². The van der Waals surface area contributed by atoms with Crippen LogP contribution < -0.4 is 9.47 Å². The summed E-state index contributed by atoms with van der Waals surface area (Å²) in [6.07, 6.45) is 5.28. The zero-order chi connectivity index (χ0) is 19.2. The summed E-state index contributed by atoms with van der Waals surface area (Å²) >= 11 is 0. The highest BCUT2D eigenvalue weighted by Crippen LogP contribution is 2.30. The number of aromatic nitrogens is 2. The molecule has 0 spiro atoms. The largest absolute Gasteiger partial charge is 0.493 e. The fourth-order valence-corrected chi connectivity index (χ4v) is 3.31. The summed E-state index contributed by atoms with van der Waals surface area (Å²) in [5, 5.41) is 19.2. The summed E-state index contributed by atoms with van der Waals surface area (Å²) in [5.41, 5.74) is 1.83. The average Bonchev–Trinajstić information content (AvgIpc) is 3.00. The van der Waals surface area contributed by atoms with Crippen molar-refractivity contribution in [1.82, 2.24) is 14.9 Å². The monoisotopic (exact) mass is 373 g/mol. The molecule has 2 aromatic rings. The van der Waals surface area contributed by atoms with Gasteiger partial charge in [0.15, 0.2) is 18.1 Å². The molecule has 27 heavy (non-hydrogen) atoms. The van der Waals surface area contributed by atoms with Crippen molar-refractivity contribution in [3.8, 4) is 11.5 Å². The molecule has 1 fully saturated rings. The van der Waals surface area contributed by atoms with Gasteiger partial charge in [0.25, 0.3) is 0 Å². The molecule has 0 bridgehead atoms. The number of aliphatic hydroxyl groups excluding tert-OH is 1. The minimum absolute atomic E-state index is 0.0997. The number of benzene rings is 1. The van der Waals surface area contributed by atoms with E-state index in [4.69, 9.17) is 14.6 Å². The van der Waals surface area contributed by atoms with Crippen LogP contribution in [0.25, 0.3) is 0 Å². The van der Waals surface area contributed by atoms with Gasteiger partial charge in [-0.05, 0) is 24.1 Å². The summed E-state index contributed by atoms with van der Waals surface area (Å²) in [4.78, 5) is 21.3. The Kier molecular flexibility index (Phi) is 6.20. The van der Waals surface area contributed by atoms with E-state index in [0.29, 0.717) is 31.0 Å². The Bertz CT molecular complexity index is 771. The summed E-state index contributed by atoms with van der Waals surface area (Å²) in [6.45, 7) is 1.52. The number of methoxy groups -OCH3 is 1. The van der Waals surface area contributed by atoms with E-state index in [2.05, 4.69) is 14.9 Å². The fraction of sp³-hybridized carbons (Fsp3) is 0.421. The van der Waals surface area contributed by atoms with E-state index >= 15 is 0 Å². The molecule has 1 saturated heterocycles. The highest BCUT2D eigenvalue weighted by molar-refractivity contribution is 5.68. The maximum Gasteiger partial charge on any atom is 0.341 e. The minimum Gasteiger partial charge on any atom is -0.493 e. The number of nitrogens with zero attached hydrogens (tertiary/aromatic N) is 3. The van der Waals surface area contributed by atoms with Gasteiger partial charge in [-0.2, -0.15) is 0 Å². The van der Waals surface area contributed by atoms with Crippen molar-refractivity contribution in [1.29, 1.82) is 0 Å². The number of carboxylic acid groups (broad SMARTS) is 1. The molecule has 0 aliphatic carbocycles. The zero-order valence-corrected chi connectivity index (χ0v) is 15.1. The van der Waals surface area contributed by atoms with Gasteiger partial charge in [0.1, 0.15) is 0 Å². The number of hydrogen-bond donors (Lipinski definition) is 2. The Morgan fingerprint density at radius 3 is 2.85 bits per heavy atom. The molecule has 2 heterocycles. The SMILES string of the molecule is COc1ccc(CN2C[C@@H](Cc3cnccn3)[C@H](O)C2)cc1OCC(=O)O. The molecule has 2 N–H and O–H groups in total. The Balaban J connectivity index is 1.63. The summed E-state index contributed by atoms with van der Waals surface area (Å²) in [6, 6.07) is 5.45. The molecular formula is C19H23N3O5. The van der Waals surface area contributed by atoms with Gasteiger partial charge < -0.3 is 19.7 Å². The molecule has 0 saturated carbocycles. The Morgan fingerprint density at radius 2 is 2.15 bits per heavy atom. The summed E-state index contributed by atoms with van der Waals surface area (Å²) in [7, 11) is 1.51. The van der Waals surface area contributed by atoms with Crippen LogP contribution in [-0.2, 0) is 17.8 Å². The standard InChI is InChI=1S/C19H23N3O5/c1-26-17-3-2-13(6-18(17)27-12-19(24)25)9-22-10-14(16(23)11-22)7-15-8-20-4-5-21-15/h2-6,8,14,16,23H,7,9-12H2,1H3,(H,24,25)/t14-,16-/m1/s1. The number of aliphatic hydroxyl groups is 1. The smallest absolute Gasteiger partial charge is 0.341 e. The average molecular weight is 373 g/mol. The van der Waals surface area contributed by atoms with Crippen molar-refractivity contribution >= 4 is 5.97 Å². The van der Waals surface area contributed by atoms with Crippen LogP contribution in [0.1, 0.15) is 11.3 Å². The van der Waals surface area contributed by atoms with Gasteiger partial charge in [0.05, 0.1) is 18.9 Å². The Morgan fingerprint density at radius 1 is 1.30 bits per heavy atom. The maximum atomic E-state index is 10.7. The van der Waals surface area contributed by atoms with Crippen LogP contribution in [0, 0.1) is 5.92 Å². The summed E-state index contributed by atoms with van der Waals surface area (Å²) in [5.74, 6) is -0.0603. The lowest BCUT2D eigenvalue weighted by atomic mass is 10.0. The third-order valence-corrected chi connectivity index (χ3v) is 4.56. The van der Waals surface area contributed by atoms with E-state index in [9.17, 15) is 9.90 Å². The topological polar surface area (TPSA) is 105 Å². The second-order valence-electron chi connectivity index (χ2n) is 6.59. The Hall–Kier alpha value is -2.71. The van der Waals surface area contributed by atoms with Gasteiger partial charge in [-0.1, -0.05) is 6.07 Å². The van der Waals surface area contributed by atoms with Crippen LogP contribution in [0.3, 0.4) is 0 Å². The highest BCUT2D eigenvalue weighted by Gasteiger charge is 2.31. The molecule has 2 atom stereocenters. The number of ether oxygens (including phenoxy) is 2. The number of rotatable bonds is 8. The third-order valence-electron chi connectivity index (χ3n) is 4.56. The van der Waals surface area contributed by atoms with Gasteiger partial charge in [-0.15, -0.1) is 0 Å². The molecule has 1 aliphatic heterocycles. The molecular weight excluding hydrogens is 350 g/mol. The molecule has 1 aliphatic rings. The number of likely N-dealkylation sites (tertiary alicyclic amines) is 1. The third kappa shape index (κ3) is 5.15. The Labute approximate surface area is 157 Å². The molecule has 0 amide bonds. The summed E-state index contributed by atoms with van der Waals surface area (Å²) < 4.78 is 10.5. The van der Waals surface area contributed by atoms with Crippen LogP contribution in [0.4, 0.5) is 0 Å². The van der Waals surface area contributed by atoms with Gasteiger partial charge in [0, 0.05) is 44.1 Å². The number of carboxylic acids is 1. The van der Waals surface area contributed by atoms with E-state index in [1.807, 2.05) is 6.07 Å². The van der Waals surface area contributed by atoms with E-state index in [-0.39, 0.29) is 5.92 Å². The second kappa shape index (κ2) is 8.79. The number of aliphatic carboxylic acids is 1. The predicted octanol–water partition coefficient (Wildman–Crippen LogP) is 0.984. The van der Waals surface area contributed by atoms with Crippen LogP contribution in [0.15, 0.2) is 36.8 Å². The highest BCUT2D eigenvalue weighted by atomic mass is 16.5. The number of hydrogen-bond acceptors (Lipinski definition) is 7. The lowest BCUT2D eigenvalue weighted by Crippen LogP contribution is -2.21. The van der Waals surface area contributed by atoms with Crippen LogP contribution >= 0.6 is 0 Å². The molecule has 144 valence electrons. The van der Waals surface area contributed by atoms with Crippen LogP contribution in [0.5, 0.6) is 11.5 Å². The van der Waals surface area contributed by atoms with Crippen LogP contribution in [-0.4, -0.2) is 64.0 Å². The van der Waals surface area contributed by atoms with Crippen molar-refractivity contribution in [3.63, 3.8) is 0 Å². The van der Waals surface area contributed by atoms with Gasteiger partial charge in [-0.25, -0.2) is 4.79 Å². The molecule has 1 aromatic heterocycles. The van der Waals surface area contributed by atoms with Crippen LogP contribution in [0.2, 0.25) is 0 Å². The predicted molar refractivity (Wildman–Crippen MR) is 96.6 cm³/mol. The minimum atomic E-state index is -1.04. The zero-order valence-electron chi connectivity index (χ0n) is 15.1. The quantitative estimate of drug-likeness (QED) is 0.706. The van der Waals surface area contributed by atoms with Gasteiger partial charge >= 0.3 is 5.97 Å². The van der Waals surface area contributed by atoms with Crippen molar-refractivity contribution in [3.05, 3.63) is 48.0 Å². The number of β-amino-alcohol motifs (C(OH)–C–C–N with tert-alkyl or cyclic N) is 1. The first-order valence-corrected chi connectivity index (χ1v) is 8.72. The van der Waals surface area contributed by atoms with Crippen molar-refractivity contribution in [2.75, 3.05) is 26.8 Å². The fourth-order valence-electron chi connectivity index (χ4n) is 3.31. The molecule has 0 radical (unpaired) electrons. The van der Waals surface area contributed by atoms with Gasteiger partial charge in [-0.3, -0.25) is 14.9 Å². The van der Waals surface area contributed by atoms with E-state index in [1.165, 1.54) is 7.11 Å². The van der Waals surface area contributed by atoms with Gasteiger partial charge in [0.2, 0.25) is 0 Å². The van der Waals surface area contributed by atoms with Crippen molar-refractivity contribution < 1.29 is 24.5 Å².